The number of H-pyrrole nitrogens is 1. The Bertz CT molecular complexity index is 518. The summed E-state index contributed by atoms with van der Waals surface area (Å²) in [6.07, 6.45) is 0. The van der Waals surface area contributed by atoms with E-state index in [4.69, 9.17) is 0 Å². The van der Waals surface area contributed by atoms with Gasteiger partial charge in [0.25, 0.3) is 0 Å². The highest BCUT2D eigenvalue weighted by atomic mass is 79.9. The number of hydrogen-bond acceptors (Lipinski definition) is 2. The molecule has 1 aromatic carbocycles. The third-order valence-electron chi connectivity index (χ3n) is 2.27. The van der Waals surface area contributed by atoms with Crippen LogP contribution in [0.1, 0.15) is 23.1 Å². The molecule has 0 aliphatic heterocycles. The van der Waals surface area contributed by atoms with Gasteiger partial charge in [-0.1, -0.05) is 22.0 Å². The van der Waals surface area contributed by atoms with E-state index in [1.165, 1.54) is 0 Å². The minimum atomic E-state index is -0.231. The van der Waals surface area contributed by atoms with Crippen LogP contribution in [0, 0.1) is 6.92 Å². The molecule has 4 heteroatoms. The van der Waals surface area contributed by atoms with Gasteiger partial charge in [0.05, 0.1) is 15.9 Å². The number of Topliss-reactive ketones (excluding diaryl/α,β-unsaturated/α-hetero) is 1. The van der Waals surface area contributed by atoms with E-state index < -0.39 is 0 Å². The molecule has 0 saturated carbocycles. The predicted molar refractivity (Wildman–Crippen MR) is 63.2 cm³/mol. The Balaban J connectivity index is 2.50. The van der Waals surface area contributed by atoms with Crippen LogP contribution in [0.25, 0.3) is 11.0 Å². The lowest BCUT2D eigenvalue weighted by Crippen LogP contribution is -2.00. The minimum absolute atomic E-state index is 0.102. The molecule has 1 aromatic heterocycles. The van der Waals surface area contributed by atoms with Gasteiger partial charge in [-0.05, 0) is 31.5 Å². The Morgan fingerprint density at radius 3 is 2.93 bits per heavy atom. The molecule has 1 N–H and O–H groups in total. The molecule has 2 aromatic rings. The van der Waals surface area contributed by atoms with Crippen LogP contribution in [0.5, 0.6) is 0 Å². The van der Waals surface area contributed by atoms with Crippen molar-refractivity contribution in [3.63, 3.8) is 0 Å². The van der Waals surface area contributed by atoms with Crippen molar-refractivity contribution in [2.24, 2.45) is 0 Å². The standard InChI is InChI=1S/C11H11BrN2O/c1-6(15)11(12)8-3-4-9-10(5-8)14-7(2)13-9/h3-5,11H,1-2H3,(H,13,14). The van der Waals surface area contributed by atoms with E-state index in [0.717, 1.165) is 22.4 Å². The molecule has 0 aliphatic rings. The van der Waals surface area contributed by atoms with Crippen LogP contribution in [-0.2, 0) is 4.79 Å². The molecular weight excluding hydrogens is 256 g/mol. The van der Waals surface area contributed by atoms with Crippen LogP contribution < -0.4 is 0 Å². The van der Waals surface area contributed by atoms with Crippen molar-refractivity contribution in [2.75, 3.05) is 0 Å². The Kier molecular flexibility index (Phi) is 2.61. The molecule has 0 radical (unpaired) electrons. The highest BCUT2D eigenvalue weighted by Crippen LogP contribution is 2.26. The van der Waals surface area contributed by atoms with Crippen molar-refractivity contribution >= 4 is 32.7 Å². The van der Waals surface area contributed by atoms with Crippen molar-refractivity contribution in [1.29, 1.82) is 0 Å². The van der Waals surface area contributed by atoms with Gasteiger partial charge in [-0.15, -0.1) is 0 Å². The average molecular weight is 267 g/mol. The van der Waals surface area contributed by atoms with Crippen molar-refractivity contribution in [3.8, 4) is 0 Å². The highest BCUT2D eigenvalue weighted by Gasteiger charge is 2.13. The Hall–Kier alpha value is -1.16. The second-order valence-electron chi connectivity index (χ2n) is 3.57. The van der Waals surface area contributed by atoms with Gasteiger partial charge in [0.2, 0.25) is 0 Å². The normalized spacial score (nSPS) is 13.0. The van der Waals surface area contributed by atoms with E-state index in [1.807, 2.05) is 25.1 Å². The number of hydrogen-bond donors (Lipinski definition) is 1. The summed E-state index contributed by atoms with van der Waals surface area (Å²) < 4.78 is 0. The first-order chi connectivity index (χ1) is 7.08. The Morgan fingerprint density at radius 2 is 2.27 bits per heavy atom. The van der Waals surface area contributed by atoms with Gasteiger partial charge in [0.1, 0.15) is 11.6 Å². The second kappa shape index (κ2) is 3.77. The summed E-state index contributed by atoms with van der Waals surface area (Å²) in [5.74, 6) is 0.988. The van der Waals surface area contributed by atoms with Gasteiger partial charge in [0, 0.05) is 0 Å². The molecule has 3 nitrogen and oxygen atoms in total. The molecule has 1 unspecified atom stereocenters. The number of aromatic nitrogens is 2. The lowest BCUT2D eigenvalue weighted by molar-refractivity contribution is -0.116. The highest BCUT2D eigenvalue weighted by molar-refractivity contribution is 9.09. The predicted octanol–water partition coefficient (Wildman–Crippen LogP) is 2.90. The van der Waals surface area contributed by atoms with Gasteiger partial charge in [-0.25, -0.2) is 4.98 Å². The Morgan fingerprint density at radius 1 is 1.53 bits per heavy atom. The number of alkyl halides is 1. The van der Waals surface area contributed by atoms with Crippen molar-refractivity contribution < 1.29 is 4.79 Å². The number of benzene rings is 1. The molecular formula is C11H11BrN2O. The number of fused-ring (bicyclic) bond motifs is 1. The van der Waals surface area contributed by atoms with Crippen LogP contribution in [0.4, 0.5) is 0 Å². The van der Waals surface area contributed by atoms with Gasteiger partial charge < -0.3 is 4.98 Å². The lowest BCUT2D eigenvalue weighted by atomic mass is 10.1. The van der Waals surface area contributed by atoms with E-state index in [-0.39, 0.29) is 10.6 Å². The molecule has 0 spiro atoms. The summed E-state index contributed by atoms with van der Waals surface area (Å²) in [6.45, 7) is 3.48. The number of nitrogens with zero attached hydrogens (tertiary/aromatic N) is 1. The minimum Gasteiger partial charge on any atom is -0.342 e. The molecule has 0 fully saturated rings. The number of halogens is 1. The molecule has 0 aliphatic carbocycles. The van der Waals surface area contributed by atoms with E-state index in [0.29, 0.717) is 0 Å². The molecule has 0 amide bonds. The quantitative estimate of drug-likeness (QED) is 0.850. The number of ketones is 1. The number of nitrogens with one attached hydrogen (secondary N) is 1. The number of rotatable bonds is 2. The number of aryl methyl sites for hydroxylation is 1. The van der Waals surface area contributed by atoms with Crippen molar-refractivity contribution in [2.45, 2.75) is 18.7 Å². The maximum absolute atomic E-state index is 11.2. The molecule has 1 atom stereocenters. The number of aromatic amines is 1. The second-order valence-corrected chi connectivity index (χ2v) is 4.49. The summed E-state index contributed by atoms with van der Waals surface area (Å²) in [7, 11) is 0. The summed E-state index contributed by atoms with van der Waals surface area (Å²) >= 11 is 3.36. The fourth-order valence-electron chi connectivity index (χ4n) is 1.55. The van der Waals surface area contributed by atoms with E-state index >= 15 is 0 Å². The smallest absolute Gasteiger partial charge is 0.147 e. The van der Waals surface area contributed by atoms with Crippen molar-refractivity contribution in [3.05, 3.63) is 29.6 Å². The maximum atomic E-state index is 11.2. The van der Waals surface area contributed by atoms with Crippen LogP contribution in [0.2, 0.25) is 0 Å². The monoisotopic (exact) mass is 266 g/mol. The third-order valence-corrected chi connectivity index (χ3v) is 3.45. The van der Waals surface area contributed by atoms with Gasteiger partial charge in [-0.3, -0.25) is 4.79 Å². The first kappa shape index (κ1) is 10.4. The van der Waals surface area contributed by atoms with Crippen LogP contribution in [0.15, 0.2) is 18.2 Å². The summed E-state index contributed by atoms with van der Waals surface area (Å²) in [6, 6.07) is 5.80. The zero-order chi connectivity index (χ0) is 11.0. The van der Waals surface area contributed by atoms with Crippen molar-refractivity contribution in [1.82, 2.24) is 9.97 Å². The molecule has 0 saturated heterocycles. The number of carbonyl (C=O) groups is 1. The van der Waals surface area contributed by atoms with Gasteiger partial charge >= 0.3 is 0 Å². The van der Waals surface area contributed by atoms with E-state index in [1.54, 1.807) is 6.92 Å². The molecule has 0 bridgehead atoms. The van der Waals surface area contributed by atoms with Crippen LogP contribution >= 0.6 is 15.9 Å². The van der Waals surface area contributed by atoms with Gasteiger partial charge in [0.15, 0.2) is 0 Å². The molecule has 78 valence electrons. The molecule has 15 heavy (non-hydrogen) atoms. The zero-order valence-electron chi connectivity index (χ0n) is 8.54. The molecule has 2 rings (SSSR count). The maximum Gasteiger partial charge on any atom is 0.147 e. The summed E-state index contributed by atoms with van der Waals surface area (Å²) in [4.78, 5) is 18.4. The fourth-order valence-corrected chi connectivity index (χ4v) is 1.83. The number of carbonyl (C=O) groups excluding carboxylic acids is 1. The molecule has 1 heterocycles. The van der Waals surface area contributed by atoms with Crippen LogP contribution in [-0.4, -0.2) is 15.8 Å². The average Bonchev–Trinajstić information content (AvgIpc) is 2.55. The summed E-state index contributed by atoms with van der Waals surface area (Å²) in [5.41, 5.74) is 2.86. The topological polar surface area (TPSA) is 45.8 Å². The van der Waals surface area contributed by atoms with Gasteiger partial charge in [-0.2, -0.15) is 0 Å². The SMILES string of the molecule is CC(=O)C(Br)c1ccc2nc(C)[nH]c2c1. The third kappa shape index (κ3) is 1.95. The zero-order valence-corrected chi connectivity index (χ0v) is 10.1. The number of imidazole rings is 1. The first-order valence-electron chi connectivity index (χ1n) is 4.68. The Labute approximate surface area is 96.0 Å². The van der Waals surface area contributed by atoms with Crippen LogP contribution in [0.3, 0.4) is 0 Å². The van der Waals surface area contributed by atoms with E-state index in [2.05, 4.69) is 25.9 Å². The largest absolute Gasteiger partial charge is 0.342 e. The lowest BCUT2D eigenvalue weighted by Gasteiger charge is -2.05. The summed E-state index contributed by atoms with van der Waals surface area (Å²) in [5, 5.41) is 0. The first-order valence-corrected chi connectivity index (χ1v) is 5.60. The fraction of sp³-hybridized carbons (Fsp3) is 0.273. The van der Waals surface area contributed by atoms with E-state index in [9.17, 15) is 4.79 Å².